The van der Waals surface area contributed by atoms with Crippen LogP contribution >= 0.6 is 0 Å². The van der Waals surface area contributed by atoms with Crippen molar-refractivity contribution in [2.45, 2.75) is 38.3 Å². The second-order valence-corrected chi connectivity index (χ2v) is 6.72. The minimum absolute atomic E-state index is 0.0372. The van der Waals surface area contributed by atoms with Gasteiger partial charge in [-0.3, -0.25) is 4.79 Å². The maximum Gasteiger partial charge on any atom is 0.254 e. The van der Waals surface area contributed by atoms with Gasteiger partial charge in [-0.05, 0) is 42.7 Å². The van der Waals surface area contributed by atoms with Crippen LogP contribution in [0.3, 0.4) is 0 Å². The monoisotopic (exact) mass is 359 g/mol. The third-order valence-corrected chi connectivity index (χ3v) is 4.93. The molecule has 26 heavy (non-hydrogen) atoms. The lowest BCUT2D eigenvalue weighted by atomic mass is 10.1. The van der Waals surface area contributed by atoms with Crippen LogP contribution in [0.1, 0.15) is 41.6 Å². The van der Waals surface area contributed by atoms with Crippen molar-refractivity contribution in [3.63, 3.8) is 0 Å². The molecule has 136 valence electrons. The van der Waals surface area contributed by atoms with Crippen molar-refractivity contribution in [1.29, 1.82) is 0 Å². The molecule has 0 atom stereocenters. The van der Waals surface area contributed by atoms with E-state index in [0.29, 0.717) is 18.0 Å². The minimum atomic E-state index is -0.747. The van der Waals surface area contributed by atoms with E-state index in [1.165, 1.54) is 0 Å². The molecular formula is C20H19F2NO3. The number of carbonyl (C=O) groups is 1. The van der Waals surface area contributed by atoms with Crippen molar-refractivity contribution in [1.82, 2.24) is 4.90 Å². The van der Waals surface area contributed by atoms with Crippen LogP contribution in [0, 0.1) is 11.6 Å². The predicted molar refractivity (Wildman–Crippen MR) is 91.1 cm³/mol. The lowest BCUT2D eigenvalue weighted by Crippen LogP contribution is -2.38. The number of hydrogen-bond acceptors (Lipinski definition) is 3. The van der Waals surface area contributed by atoms with E-state index in [-0.39, 0.29) is 24.3 Å². The molecule has 0 bridgehead atoms. The highest BCUT2D eigenvalue weighted by Crippen LogP contribution is 2.34. The Labute approximate surface area is 150 Å². The van der Waals surface area contributed by atoms with Crippen LogP contribution in [0.5, 0.6) is 11.5 Å². The number of halogens is 2. The molecule has 0 saturated heterocycles. The number of fused-ring (bicyclic) bond motifs is 1. The van der Waals surface area contributed by atoms with Gasteiger partial charge in [-0.15, -0.1) is 0 Å². The SMILES string of the molecule is O=C(c1cc(F)cc(F)c1)N(Cc1ccc2c(c1)OCO2)C1CCCC1. The zero-order valence-corrected chi connectivity index (χ0v) is 14.2. The molecule has 1 heterocycles. The Morgan fingerprint density at radius 3 is 2.42 bits per heavy atom. The van der Waals surface area contributed by atoms with Crippen molar-refractivity contribution in [3.8, 4) is 11.5 Å². The van der Waals surface area contributed by atoms with E-state index in [1.807, 2.05) is 18.2 Å². The van der Waals surface area contributed by atoms with Gasteiger partial charge in [0.15, 0.2) is 11.5 Å². The third kappa shape index (κ3) is 3.36. The van der Waals surface area contributed by atoms with Crippen LogP contribution < -0.4 is 9.47 Å². The van der Waals surface area contributed by atoms with Gasteiger partial charge in [0.05, 0.1) is 0 Å². The zero-order valence-electron chi connectivity index (χ0n) is 14.2. The summed E-state index contributed by atoms with van der Waals surface area (Å²) in [6.45, 7) is 0.547. The van der Waals surface area contributed by atoms with E-state index in [9.17, 15) is 13.6 Å². The molecule has 6 heteroatoms. The van der Waals surface area contributed by atoms with Gasteiger partial charge in [0.2, 0.25) is 6.79 Å². The topological polar surface area (TPSA) is 38.8 Å². The Morgan fingerprint density at radius 2 is 1.69 bits per heavy atom. The van der Waals surface area contributed by atoms with Gasteiger partial charge in [0.25, 0.3) is 5.91 Å². The number of hydrogen-bond donors (Lipinski definition) is 0. The van der Waals surface area contributed by atoms with Gasteiger partial charge in [-0.1, -0.05) is 18.9 Å². The molecule has 1 aliphatic heterocycles. The molecule has 2 aliphatic rings. The molecule has 2 aromatic carbocycles. The summed E-state index contributed by atoms with van der Waals surface area (Å²) in [7, 11) is 0. The van der Waals surface area contributed by atoms with Gasteiger partial charge in [0, 0.05) is 24.2 Å². The summed E-state index contributed by atoms with van der Waals surface area (Å²) in [4.78, 5) is 14.7. The van der Waals surface area contributed by atoms with Crippen LogP contribution in [-0.4, -0.2) is 23.6 Å². The molecule has 1 saturated carbocycles. The van der Waals surface area contributed by atoms with Crippen LogP contribution in [0.25, 0.3) is 0 Å². The first-order chi connectivity index (χ1) is 12.6. The average molecular weight is 359 g/mol. The maximum absolute atomic E-state index is 13.6. The normalized spacial score (nSPS) is 16.1. The van der Waals surface area contributed by atoms with E-state index < -0.39 is 11.6 Å². The number of amides is 1. The van der Waals surface area contributed by atoms with E-state index in [2.05, 4.69) is 0 Å². The summed E-state index contributed by atoms with van der Waals surface area (Å²) in [5.74, 6) is -0.517. The van der Waals surface area contributed by atoms with Crippen molar-refractivity contribution in [2.75, 3.05) is 6.79 Å². The van der Waals surface area contributed by atoms with Crippen molar-refractivity contribution >= 4 is 5.91 Å². The summed E-state index contributed by atoms with van der Waals surface area (Å²) in [5, 5.41) is 0. The fourth-order valence-electron chi connectivity index (χ4n) is 3.66. The number of nitrogens with zero attached hydrogens (tertiary/aromatic N) is 1. The summed E-state index contributed by atoms with van der Waals surface area (Å²) in [5.41, 5.74) is 0.932. The lowest BCUT2D eigenvalue weighted by Gasteiger charge is -2.29. The number of ether oxygens (including phenoxy) is 2. The van der Waals surface area contributed by atoms with Gasteiger partial charge in [0.1, 0.15) is 11.6 Å². The van der Waals surface area contributed by atoms with Crippen molar-refractivity contribution < 1.29 is 23.0 Å². The van der Waals surface area contributed by atoms with Gasteiger partial charge in [-0.25, -0.2) is 8.78 Å². The fourth-order valence-corrected chi connectivity index (χ4v) is 3.66. The zero-order chi connectivity index (χ0) is 18.1. The molecule has 0 spiro atoms. The largest absolute Gasteiger partial charge is 0.454 e. The van der Waals surface area contributed by atoms with Gasteiger partial charge >= 0.3 is 0 Å². The standard InChI is InChI=1S/C20H19F2NO3/c21-15-8-14(9-16(22)10-15)20(24)23(17-3-1-2-4-17)11-13-5-6-18-19(7-13)26-12-25-18/h5-10,17H,1-4,11-12H2. The molecule has 0 N–H and O–H groups in total. The Morgan fingerprint density at radius 1 is 1.00 bits per heavy atom. The molecule has 0 aromatic heterocycles. The Kier molecular flexibility index (Phi) is 4.49. The van der Waals surface area contributed by atoms with Crippen molar-refractivity contribution in [3.05, 3.63) is 59.2 Å². The Bertz CT molecular complexity index is 814. The average Bonchev–Trinajstić information content (AvgIpc) is 3.29. The van der Waals surface area contributed by atoms with E-state index >= 15 is 0 Å². The molecule has 1 amide bonds. The summed E-state index contributed by atoms with van der Waals surface area (Å²) in [6, 6.07) is 8.57. The van der Waals surface area contributed by atoms with Crippen molar-refractivity contribution in [2.24, 2.45) is 0 Å². The highest BCUT2D eigenvalue weighted by molar-refractivity contribution is 5.94. The lowest BCUT2D eigenvalue weighted by molar-refractivity contribution is 0.0663. The molecular weight excluding hydrogens is 340 g/mol. The highest BCUT2D eigenvalue weighted by Gasteiger charge is 2.28. The second kappa shape index (κ2) is 6.94. The maximum atomic E-state index is 13.6. The molecule has 1 fully saturated rings. The smallest absolute Gasteiger partial charge is 0.254 e. The first-order valence-electron chi connectivity index (χ1n) is 8.76. The summed E-state index contributed by atoms with van der Waals surface area (Å²) < 4.78 is 37.8. The Hall–Kier alpha value is -2.63. The van der Waals surface area contributed by atoms with E-state index in [4.69, 9.17) is 9.47 Å². The molecule has 4 rings (SSSR count). The minimum Gasteiger partial charge on any atom is -0.454 e. The molecule has 0 unspecified atom stereocenters. The summed E-state index contributed by atoms with van der Waals surface area (Å²) in [6.07, 6.45) is 3.89. The van der Waals surface area contributed by atoms with Crippen LogP contribution in [0.15, 0.2) is 36.4 Å². The summed E-state index contributed by atoms with van der Waals surface area (Å²) >= 11 is 0. The van der Waals surface area contributed by atoms with E-state index in [0.717, 1.165) is 49.4 Å². The van der Waals surface area contributed by atoms with Crippen LogP contribution in [0.2, 0.25) is 0 Å². The molecule has 0 radical (unpaired) electrons. The molecule has 1 aliphatic carbocycles. The Balaban J connectivity index is 1.62. The second-order valence-electron chi connectivity index (χ2n) is 6.72. The third-order valence-electron chi connectivity index (χ3n) is 4.93. The first-order valence-corrected chi connectivity index (χ1v) is 8.76. The number of carbonyl (C=O) groups excluding carboxylic acids is 1. The van der Waals surface area contributed by atoms with Gasteiger partial charge < -0.3 is 14.4 Å². The predicted octanol–water partition coefficient (Wildman–Crippen LogP) is 4.28. The van der Waals surface area contributed by atoms with Gasteiger partial charge in [-0.2, -0.15) is 0 Å². The quantitative estimate of drug-likeness (QED) is 0.818. The van der Waals surface area contributed by atoms with Crippen LogP contribution in [0.4, 0.5) is 8.78 Å². The number of benzene rings is 2. The highest BCUT2D eigenvalue weighted by atomic mass is 19.1. The molecule has 2 aromatic rings. The first kappa shape index (κ1) is 16.8. The fraction of sp³-hybridized carbons (Fsp3) is 0.350. The van der Waals surface area contributed by atoms with Crippen LogP contribution in [-0.2, 0) is 6.54 Å². The van der Waals surface area contributed by atoms with E-state index in [1.54, 1.807) is 4.90 Å². The number of rotatable bonds is 4. The molecule has 4 nitrogen and oxygen atoms in total.